The van der Waals surface area contributed by atoms with Crippen LogP contribution in [0.25, 0.3) is 21.7 Å². The maximum Gasteiger partial charge on any atom is 0.139 e. The fourth-order valence-electron chi connectivity index (χ4n) is 2.42. The van der Waals surface area contributed by atoms with Crippen LogP contribution in [0.4, 0.5) is 11.5 Å². The van der Waals surface area contributed by atoms with Gasteiger partial charge in [0.1, 0.15) is 5.82 Å². The molecule has 0 spiro atoms. The third-order valence-electron chi connectivity index (χ3n) is 3.51. The molecule has 112 valence electrons. The fourth-order valence-corrected chi connectivity index (χ4v) is 3.12. The summed E-state index contributed by atoms with van der Waals surface area (Å²) in [4.78, 5) is 5.98. The van der Waals surface area contributed by atoms with E-state index in [0.29, 0.717) is 0 Å². The second kappa shape index (κ2) is 6.06. The highest BCUT2D eigenvalue weighted by molar-refractivity contribution is 7.13. The molecule has 4 nitrogen and oxygen atoms in total. The van der Waals surface area contributed by atoms with E-state index in [2.05, 4.69) is 51.2 Å². The van der Waals surface area contributed by atoms with Crippen molar-refractivity contribution in [3.63, 3.8) is 0 Å². The molecule has 0 unspecified atom stereocenters. The lowest BCUT2D eigenvalue weighted by atomic mass is 10.1. The molecule has 0 fully saturated rings. The number of H-pyrrole nitrogens is 1. The quantitative estimate of drug-likeness (QED) is 0.560. The Hall–Kier alpha value is -2.92. The Morgan fingerprint density at radius 1 is 0.957 bits per heavy atom. The van der Waals surface area contributed by atoms with Crippen molar-refractivity contribution in [3.8, 4) is 21.7 Å². The zero-order valence-corrected chi connectivity index (χ0v) is 13.0. The number of rotatable bonds is 4. The Labute approximate surface area is 137 Å². The van der Waals surface area contributed by atoms with Crippen LogP contribution in [0.5, 0.6) is 0 Å². The molecule has 1 aromatic carbocycles. The van der Waals surface area contributed by atoms with Crippen molar-refractivity contribution in [1.29, 1.82) is 0 Å². The molecule has 4 aromatic rings. The van der Waals surface area contributed by atoms with E-state index in [1.807, 2.05) is 30.5 Å². The lowest BCUT2D eigenvalue weighted by Gasteiger charge is -2.11. The maximum atomic E-state index is 4.82. The van der Waals surface area contributed by atoms with Gasteiger partial charge in [-0.1, -0.05) is 36.4 Å². The van der Waals surface area contributed by atoms with E-state index >= 15 is 0 Å². The van der Waals surface area contributed by atoms with Gasteiger partial charge < -0.3 is 5.32 Å². The van der Waals surface area contributed by atoms with Gasteiger partial charge in [-0.05, 0) is 29.1 Å². The minimum Gasteiger partial charge on any atom is -0.337 e. The van der Waals surface area contributed by atoms with Gasteiger partial charge in [0.2, 0.25) is 0 Å². The molecule has 0 bridgehead atoms. The molecule has 0 radical (unpaired) electrons. The number of benzene rings is 1. The van der Waals surface area contributed by atoms with E-state index in [1.165, 1.54) is 0 Å². The number of anilines is 2. The minimum absolute atomic E-state index is 0.823. The van der Waals surface area contributed by atoms with Crippen LogP contribution in [-0.4, -0.2) is 15.2 Å². The molecule has 0 saturated heterocycles. The smallest absolute Gasteiger partial charge is 0.139 e. The van der Waals surface area contributed by atoms with Gasteiger partial charge in [-0.25, -0.2) is 4.98 Å². The van der Waals surface area contributed by atoms with E-state index in [4.69, 9.17) is 4.98 Å². The first-order valence-electron chi connectivity index (χ1n) is 7.26. The lowest BCUT2D eigenvalue weighted by Crippen LogP contribution is -1.97. The summed E-state index contributed by atoms with van der Waals surface area (Å²) in [7, 11) is 0. The minimum atomic E-state index is 0.823. The van der Waals surface area contributed by atoms with Gasteiger partial charge in [0.25, 0.3) is 0 Å². The summed E-state index contributed by atoms with van der Waals surface area (Å²) in [6.07, 6.45) is 3.56. The van der Waals surface area contributed by atoms with Crippen LogP contribution in [0.3, 0.4) is 0 Å². The van der Waals surface area contributed by atoms with E-state index < -0.39 is 0 Å². The van der Waals surface area contributed by atoms with E-state index in [1.54, 1.807) is 17.5 Å². The predicted octanol–water partition coefficient (Wildman–Crippen LogP) is 4.94. The first kappa shape index (κ1) is 13.7. The topological polar surface area (TPSA) is 53.6 Å². The van der Waals surface area contributed by atoms with Crippen LogP contribution in [0.1, 0.15) is 0 Å². The molecule has 0 saturated carbocycles. The van der Waals surface area contributed by atoms with Gasteiger partial charge in [0.05, 0.1) is 22.5 Å². The van der Waals surface area contributed by atoms with Crippen molar-refractivity contribution in [1.82, 2.24) is 15.2 Å². The summed E-state index contributed by atoms with van der Waals surface area (Å²) in [6.45, 7) is 0. The third kappa shape index (κ3) is 2.86. The van der Waals surface area contributed by atoms with Crippen LogP contribution in [0.15, 0.2) is 72.4 Å². The number of nitrogens with one attached hydrogen (secondary N) is 2. The lowest BCUT2D eigenvalue weighted by molar-refractivity contribution is 1.09. The summed E-state index contributed by atoms with van der Waals surface area (Å²) in [5.41, 5.74) is 4.04. The molecule has 5 heteroatoms. The molecule has 0 aliphatic rings. The summed E-state index contributed by atoms with van der Waals surface area (Å²) in [6, 6.07) is 18.5. The van der Waals surface area contributed by atoms with E-state index in [9.17, 15) is 0 Å². The molecule has 0 aliphatic heterocycles. The molecule has 2 N–H and O–H groups in total. The zero-order chi connectivity index (χ0) is 15.5. The molecular weight excluding hydrogens is 304 g/mol. The number of aromatic nitrogens is 3. The molecular formula is C18H14N4S. The van der Waals surface area contributed by atoms with Crippen molar-refractivity contribution in [2.45, 2.75) is 0 Å². The van der Waals surface area contributed by atoms with E-state index in [0.717, 1.165) is 33.2 Å². The monoisotopic (exact) mass is 318 g/mol. The molecule has 0 amide bonds. The molecule has 3 aromatic heterocycles. The highest BCUT2D eigenvalue weighted by atomic mass is 32.1. The van der Waals surface area contributed by atoms with Gasteiger partial charge in [-0.3, -0.25) is 5.10 Å². The number of hydrogen-bond acceptors (Lipinski definition) is 4. The van der Waals surface area contributed by atoms with Crippen molar-refractivity contribution in [2.24, 2.45) is 0 Å². The fraction of sp³-hybridized carbons (Fsp3) is 0. The average molecular weight is 318 g/mol. The Bertz CT molecular complexity index is 884. The van der Waals surface area contributed by atoms with Crippen LogP contribution >= 0.6 is 11.3 Å². The summed E-state index contributed by atoms with van der Waals surface area (Å²) >= 11 is 1.69. The van der Waals surface area contributed by atoms with Crippen molar-refractivity contribution >= 4 is 22.8 Å². The number of thiophene rings is 1. The maximum absolute atomic E-state index is 4.82. The van der Waals surface area contributed by atoms with Gasteiger partial charge >= 0.3 is 0 Å². The molecule has 3 heterocycles. The number of nitrogens with zero attached hydrogens (tertiary/aromatic N) is 2. The zero-order valence-electron chi connectivity index (χ0n) is 12.2. The van der Waals surface area contributed by atoms with Gasteiger partial charge in [-0.2, -0.15) is 5.10 Å². The Morgan fingerprint density at radius 3 is 2.61 bits per heavy atom. The summed E-state index contributed by atoms with van der Waals surface area (Å²) in [5, 5.41) is 12.2. The predicted molar refractivity (Wildman–Crippen MR) is 94.9 cm³/mol. The van der Waals surface area contributed by atoms with Crippen molar-refractivity contribution in [3.05, 3.63) is 72.4 Å². The first-order chi connectivity index (χ1) is 11.4. The molecule has 4 rings (SSSR count). The molecule has 23 heavy (non-hydrogen) atoms. The van der Waals surface area contributed by atoms with Crippen molar-refractivity contribution < 1.29 is 0 Å². The second-order valence-corrected chi connectivity index (χ2v) is 6.00. The SMILES string of the molecule is c1ccc(-c2ccc(-c3cccs3)nc2Nc2cn[nH]c2)cc1. The average Bonchev–Trinajstić information content (AvgIpc) is 3.29. The first-order valence-corrected chi connectivity index (χ1v) is 8.14. The summed E-state index contributed by atoms with van der Waals surface area (Å²) in [5.74, 6) is 0.823. The second-order valence-electron chi connectivity index (χ2n) is 5.05. The Kier molecular flexibility index (Phi) is 3.62. The van der Waals surface area contributed by atoms with Crippen LogP contribution in [0, 0.1) is 0 Å². The third-order valence-corrected chi connectivity index (χ3v) is 4.41. The van der Waals surface area contributed by atoms with Gasteiger partial charge in [0.15, 0.2) is 0 Å². The molecule has 0 aliphatic carbocycles. The molecule has 0 atom stereocenters. The van der Waals surface area contributed by atoms with Crippen LogP contribution in [0.2, 0.25) is 0 Å². The normalized spacial score (nSPS) is 10.6. The number of hydrogen-bond donors (Lipinski definition) is 2. The van der Waals surface area contributed by atoms with Gasteiger partial charge in [-0.15, -0.1) is 11.3 Å². The van der Waals surface area contributed by atoms with Crippen LogP contribution in [-0.2, 0) is 0 Å². The van der Waals surface area contributed by atoms with Gasteiger partial charge in [0, 0.05) is 11.8 Å². The standard InChI is InChI=1S/C18H14N4S/c1-2-5-13(6-3-1)15-8-9-16(17-7-4-10-23-17)22-18(15)21-14-11-19-20-12-14/h1-12H,(H,19,20)(H,21,22). The number of aromatic amines is 1. The van der Waals surface area contributed by atoms with Crippen LogP contribution < -0.4 is 5.32 Å². The Balaban J connectivity index is 1.81. The van der Waals surface area contributed by atoms with Crippen molar-refractivity contribution in [2.75, 3.05) is 5.32 Å². The highest BCUT2D eigenvalue weighted by Gasteiger charge is 2.10. The Morgan fingerprint density at radius 2 is 1.87 bits per heavy atom. The number of pyridine rings is 1. The van der Waals surface area contributed by atoms with E-state index in [-0.39, 0.29) is 0 Å². The summed E-state index contributed by atoms with van der Waals surface area (Å²) < 4.78 is 0. The largest absolute Gasteiger partial charge is 0.337 e. The highest BCUT2D eigenvalue weighted by Crippen LogP contribution is 2.32.